The lowest BCUT2D eigenvalue weighted by molar-refractivity contribution is 0.0512. The summed E-state index contributed by atoms with van der Waals surface area (Å²) in [6.45, 7) is 13.4. The van der Waals surface area contributed by atoms with Gasteiger partial charge in [0.2, 0.25) is 0 Å². The van der Waals surface area contributed by atoms with Crippen LogP contribution in [0.3, 0.4) is 0 Å². The third-order valence-corrected chi connectivity index (χ3v) is 4.49. The van der Waals surface area contributed by atoms with Gasteiger partial charge in [-0.1, -0.05) is 0 Å². The Kier molecular flexibility index (Phi) is 7.41. The molecule has 0 aliphatic heterocycles. The van der Waals surface area contributed by atoms with Gasteiger partial charge in [0.25, 0.3) is 0 Å². The van der Waals surface area contributed by atoms with E-state index in [2.05, 4.69) is 5.32 Å². The van der Waals surface area contributed by atoms with Crippen LogP contribution in [0.5, 0.6) is 0 Å². The maximum absolute atomic E-state index is 13.1. The number of ether oxygens (including phenoxy) is 1. The van der Waals surface area contributed by atoms with Crippen molar-refractivity contribution in [3.8, 4) is 0 Å². The molecule has 1 atom stereocenters. The van der Waals surface area contributed by atoms with E-state index in [0.717, 1.165) is 0 Å². The molecule has 0 saturated carbocycles. The Morgan fingerprint density at radius 3 is 2.19 bits per heavy atom. The molecule has 146 valence electrons. The molecule has 0 radical (unpaired) electrons. The molecule has 1 heterocycles. The molecule has 0 spiro atoms. The number of likely N-dealkylation sites (N-methyl/N-ethyl adjacent to an activating group) is 1. The van der Waals surface area contributed by atoms with Gasteiger partial charge in [-0.15, -0.1) is 0 Å². The molecule has 7 nitrogen and oxygen atoms in total. The number of Topliss-reactive ketones (excluding diaryl/α,β-unsaturated/α-hetero) is 1. The van der Waals surface area contributed by atoms with Gasteiger partial charge >= 0.3 is 12.0 Å². The van der Waals surface area contributed by atoms with Crippen LogP contribution in [0.15, 0.2) is 0 Å². The highest BCUT2D eigenvalue weighted by atomic mass is 16.5. The van der Waals surface area contributed by atoms with E-state index in [4.69, 9.17) is 4.74 Å². The first-order valence-corrected chi connectivity index (χ1v) is 9.02. The third-order valence-electron chi connectivity index (χ3n) is 4.49. The summed E-state index contributed by atoms with van der Waals surface area (Å²) in [6, 6.07) is -0.988. The van der Waals surface area contributed by atoms with E-state index in [9.17, 15) is 14.4 Å². The van der Waals surface area contributed by atoms with Gasteiger partial charge in [-0.3, -0.25) is 4.79 Å². The topological polar surface area (TPSA) is 80.6 Å². The summed E-state index contributed by atoms with van der Waals surface area (Å²) >= 11 is 0. The molecule has 7 heteroatoms. The van der Waals surface area contributed by atoms with Crippen LogP contribution in [0.25, 0.3) is 0 Å². The summed E-state index contributed by atoms with van der Waals surface area (Å²) < 4.78 is 6.94. The summed E-state index contributed by atoms with van der Waals surface area (Å²) in [6.07, 6.45) is 0. The molecular formula is C19H31N3O4. The molecular weight excluding hydrogens is 334 g/mol. The Morgan fingerprint density at radius 1 is 1.15 bits per heavy atom. The highest BCUT2D eigenvalue weighted by Crippen LogP contribution is 2.25. The summed E-state index contributed by atoms with van der Waals surface area (Å²) in [5, 5.41) is 2.78. The highest BCUT2D eigenvalue weighted by molar-refractivity contribution is 6.06. The molecule has 0 bridgehead atoms. The van der Waals surface area contributed by atoms with Crippen LogP contribution in [-0.2, 0) is 11.3 Å². The van der Waals surface area contributed by atoms with Crippen LogP contribution < -0.4 is 5.32 Å². The molecule has 1 unspecified atom stereocenters. The molecule has 26 heavy (non-hydrogen) atoms. The first-order valence-electron chi connectivity index (χ1n) is 9.02. The van der Waals surface area contributed by atoms with E-state index >= 15 is 0 Å². The van der Waals surface area contributed by atoms with Crippen molar-refractivity contribution in [1.82, 2.24) is 14.8 Å². The molecule has 0 aromatic carbocycles. The van der Waals surface area contributed by atoms with Gasteiger partial charge in [-0.05, 0) is 54.0 Å². The third kappa shape index (κ3) is 4.26. The van der Waals surface area contributed by atoms with Crippen molar-refractivity contribution < 1.29 is 19.1 Å². The van der Waals surface area contributed by atoms with E-state index in [-0.39, 0.29) is 24.5 Å². The number of aromatic nitrogens is 1. The number of hydrogen-bond donors (Lipinski definition) is 1. The molecule has 0 aliphatic rings. The van der Waals surface area contributed by atoms with E-state index < -0.39 is 12.0 Å². The molecule has 1 N–H and O–H groups in total. The summed E-state index contributed by atoms with van der Waals surface area (Å²) in [5.74, 6) is -0.633. The molecule has 1 rings (SSSR count). The van der Waals surface area contributed by atoms with Gasteiger partial charge < -0.3 is 19.5 Å². The Morgan fingerprint density at radius 2 is 1.73 bits per heavy atom. The maximum atomic E-state index is 13.1. The van der Waals surface area contributed by atoms with E-state index in [1.807, 2.05) is 27.7 Å². The Balaban J connectivity index is 3.28. The lowest BCUT2D eigenvalue weighted by atomic mass is 10.0. The zero-order valence-electron chi connectivity index (χ0n) is 17.1. The number of esters is 1. The van der Waals surface area contributed by atoms with Crippen molar-refractivity contribution in [1.29, 1.82) is 0 Å². The summed E-state index contributed by atoms with van der Waals surface area (Å²) in [7, 11) is 1.59. The maximum Gasteiger partial charge on any atom is 0.355 e. The Hall–Kier alpha value is -2.31. The second kappa shape index (κ2) is 8.87. The van der Waals surface area contributed by atoms with Crippen LogP contribution in [0.2, 0.25) is 0 Å². The number of nitrogens with zero attached hydrogens (tertiary/aromatic N) is 2. The predicted molar refractivity (Wildman–Crippen MR) is 101 cm³/mol. The second-order valence-corrected chi connectivity index (χ2v) is 6.65. The average Bonchev–Trinajstić information content (AvgIpc) is 2.82. The largest absolute Gasteiger partial charge is 0.461 e. The van der Waals surface area contributed by atoms with Gasteiger partial charge in [-0.2, -0.15) is 0 Å². The SMILES string of the molecule is CCOC(=O)c1c(C)c(C(=O)C(C)N(C)C(=O)NC(C)C)c(C)n1CC. The van der Waals surface area contributed by atoms with Crippen LogP contribution in [0.1, 0.15) is 66.7 Å². The minimum Gasteiger partial charge on any atom is -0.461 e. The zero-order valence-corrected chi connectivity index (χ0v) is 17.1. The van der Waals surface area contributed by atoms with Crippen molar-refractivity contribution in [3.63, 3.8) is 0 Å². The fourth-order valence-electron chi connectivity index (χ4n) is 3.03. The van der Waals surface area contributed by atoms with E-state index in [0.29, 0.717) is 29.1 Å². The first kappa shape index (κ1) is 21.7. The second-order valence-electron chi connectivity index (χ2n) is 6.65. The monoisotopic (exact) mass is 365 g/mol. The van der Waals surface area contributed by atoms with E-state index in [1.54, 1.807) is 32.4 Å². The lowest BCUT2D eigenvalue weighted by Crippen LogP contribution is -2.47. The zero-order chi connectivity index (χ0) is 20.2. The number of nitrogens with one attached hydrogen (secondary N) is 1. The molecule has 0 saturated heterocycles. The lowest BCUT2D eigenvalue weighted by Gasteiger charge is -2.25. The van der Waals surface area contributed by atoms with Gasteiger partial charge in [0.05, 0.1) is 12.6 Å². The number of amides is 2. The van der Waals surface area contributed by atoms with Crippen LogP contribution in [-0.4, -0.2) is 53.0 Å². The Bertz CT molecular complexity index is 691. The normalized spacial score (nSPS) is 12.0. The van der Waals surface area contributed by atoms with Gasteiger partial charge in [0.1, 0.15) is 5.69 Å². The van der Waals surface area contributed by atoms with Crippen molar-refractivity contribution in [2.24, 2.45) is 0 Å². The minimum absolute atomic E-state index is 0.0210. The summed E-state index contributed by atoms with van der Waals surface area (Å²) in [4.78, 5) is 39.0. The fraction of sp³-hybridized carbons (Fsp3) is 0.632. The quantitative estimate of drug-likeness (QED) is 0.595. The van der Waals surface area contributed by atoms with Crippen molar-refractivity contribution >= 4 is 17.8 Å². The number of carbonyl (C=O) groups is 3. The van der Waals surface area contributed by atoms with Gasteiger partial charge in [0, 0.05) is 30.9 Å². The van der Waals surface area contributed by atoms with Crippen molar-refractivity contribution in [2.75, 3.05) is 13.7 Å². The van der Waals surface area contributed by atoms with E-state index in [1.165, 1.54) is 4.90 Å². The standard InChI is InChI=1S/C19H31N3O4/c1-9-22-13(6)15(12(5)16(22)18(24)26-10-2)17(23)14(7)21(8)19(25)20-11(3)4/h11,14H,9-10H2,1-8H3,(H,20,25). The number of rotatable bonds is 7. The summed E-state index contributed by atoms with van der Waals surface area (Å²) in [5.41, 5.74) is 2.18. The van der Waals surface area contributed by atoms with Crippen molar-refractivity contribution in [2.45, 2.75) is 67.1 Å². The average molecular weight is 365 g/mol. The molecule has 1 aromatic rings. The Labute approximate surface area is 155 Å². The molecule has 0 fully saturated rings. The van der Waals surface area contributed by atoms with Crippen LogP contribution in [0.4, 0.5) is 4.79 Å². The van der Waals surface area contributed by atoms with Crippen molar-refractivity contribution in [3.05, 3.63) is 22.5 Å². The molecule has 0 aliphatic carbocycles. The first-order chi connectivity index (χ1) is 12.1. The molecule has 1 aromatic heterocycles. The number of hydrogen-bond acceptors (Lipinski definition) is 4. The fourth-order valence-corrected chi connectivity index (χ4v) is 3.03. The van der Waals surface area contributed by atoms with Gasteiger partial charge in [-0.25, -0.2) is 9.59 Å². The van der Waals surface area contributed by atoms with Gasteiger partial charge in [0.15, 0.2) is 5.78 Å². The molecule has 2 amide bonds. The minimum atomic E-state index is -0.658. The number of ketones is 1. The van der Waals surface area contributed by atoms with Crippen LogP contribution >= 0.6 is 0 Å². The number of carbonyl (C=O) groups excluding carboxylic acids is 3. The predicted octanol–water partition coefficient (Wildman–Crippen LogP) is 2.92. The smallest absolute Gasteiger partial charge is 0.355 e. The van der Waals surface area contributed by atoms with Crippen LogP contribution in [0, 0.1) is 13.8 Å². The number of urea groups is 1. The highest BCUT2D eigenvalue weighted by Gasteiger charge is 2.31.